The standard InChI is InChI=1S/C11H15N/c1-10-6-5-9-12(10)11-7-3-2-4-8-11/h2-4,7-8,10H,5-6,9H2,1H3/t10-/m1/s1. The molecule has 0 radical (unpaired) electrons. The number of hydrogen-bond acceptors (Lipinski definition) is 1. The van der Waals surface area contributed by atoms with Crippen LogP contribution in [-0.2, 0) is 0 Å². The lowest BCUT2D eigenvalue weighted by atomic mass is 10.2. The normalized spacial score (nSPS) is 23.1. The van der Waals surface area contributed by atoms with Crippen LogP contribution < -0.4 is 4.90 Å². The highest BCUT2D eigenvalue weighted by molar-refractivity contribution is 5.47. The Kier molecular flexibility index (Phi) is 2.03. The van der Waals surface area contributed by atoms with Crippen LogP contribution in [-0.4, -0.2) is 12.6 Å². The second kappa shape index (κ2) is 3.18. The van der Waals surface area contributed by atoms with E-state index in [0.717, 1.165) is 6.04 Å². The molecule has 12 heavy (non-hydrogen) atoms. The molecule has 1 saturated heterocycles. The third-order valence-corrected chi connectivity index (χ3v) is 2.64. The first-order valence-corrected chi connectivity index (χ1v) is 4.69. The van der Waals surface area contributed by atoms with Gasteiger partial charge in [-0.2, -0.15) is 0 Å². The lowest BCUT2D eigenvalue weighted by Gasteiger charge is -2.23. The fraction of sp³-hybridized carbons (Fsp3) is 0.455. The highest BCUT2D eigenvalue weighted by Crippen LogP contribution is 2.24. The first-order valence-electron chi connectivity index (χ1n) is 4.69. The van der Waals surface area contributed by atoms with E-state index in [1.54, 1.807) is 0 Å². The third kappa shape index (κ3) is 1.31. The third-order valence-electron chi connectivity index (χ3n) is 2.64. The summed E-state index contributed by atoms with van der Waals surface area (Å²) in [5.41, 5.74) is 1.38. The minimum atomic E-state index is 0.729. The molecule has 0 unspecified atom stereocenters. The van der Waals surface area contributed by atoms with Crippen LogP contribution in [0.1, 0.15) is 19.8 Å². The number of hydrogen-bond donors (Lipinski definition) is 0. The Morgan fingerprint density at radius 1 is 1.25 bits per heavy atom. The van der Waals surface area contributed by atoms with Crippen LogP contribution in [0.4, 0.5) is 5.69 Å². The molecule has 1 nitrogen and oxygen atoms in total. The Morgan fingerprint density at radius 2 is 2.00 bits per heavy atom. The SMILES string of the molecule is C[C@@H]1CCCN1c1ccccc1. The number of anilines is 1. The first kappa shape index (κ1) is 7.66. The quantitative estimate of drug-likeness (QED) is 0.612. The average molecular weight is 161 g/mol. The van der Waals surface area contributed by atoms with Crippen LogP contribution in [0.15, 0.2) is 30.3 Å². The second-order valence-corrected chi connectivity index (χ2v) is 3.52. The molecular formula is C11H15N. The predicted octanol–water partition coefficient (Wildman–Crippen LogP) is 2.68. The number of rotatable bonds is 1. The maximum absolute atomic E-state index is 2.49. The first-order chi connectivity index (χ1) is 5.88. The van der Waals surface area contributed by atoms with Crippen molar-refractivity contribution in [2.45, 2.75) is 25.8 Å². The summed E-state index contributed by atoms with van der Waals surface area (Å²) in [6, 6.07) is 11.4. The van der Waals surface area contributed by atoms with Crippen molar-refractivity contribution >= 4 is 5.69 Å². The molecule has 1 aromatic rings. The topological polar surface area (TPSA) is 3.24 Å². The molecule has 64 valence electrons. The van der Waals surface area contributed by atoms with Crippen molar-refractivity contribution in [3.8, 4) is 0 Å². The average Bonchev–Trinajstić information content (AvgIpc) is 2.53. The van der Waals surface area contributed by atoms with Gasteiger partial charge in [-0.25, -0.2) is 0 Å². The lowest BCUT2D eigenvalue weighted by Crippen LogP contribution is -2.25. The molecule has 2 rings (SSSR count). The molecule has 1 fully saturated rings. The van der Waals surface area contributed by atoms with Gasteiger partial charge in [0, 0.05) is 18.3 Å². The summed E-state index contributed by atoms with van der Waals surface area (Å²) < 4.78 is 0. The van der Waals surface area contributed by atoms with Crippen molar-refractivity contribution in [2.24, 2.45) is 0 Å². The summed E-state index contributed by atoms with van der Waals surface area (Å²) >= 11 is 0. The fourth-order valence-corrected chi connectivity index (χ4v) is 1.94. The van der Waals surface area contributed by atoms with E-state index in [9.17, 15) is 0 Å². The van der Waals surface area contributed by atoms with Gasteiger partial charge in [0.25, 0.3) is 0 Å². The van der Waals surface area contributed by atoms with Crippen molar-refractivity contribution in [1.29, 1.82) is 0 Å². The number of benzene rings is 1. The number of para-hydroxylation sites is 1. The minimum absolute atomic E-state index is 0.729. The fourth-order valence-electron chi connectivity index (χ4n) is 1.94. The molecule has 0 aliphatic carbocycles. The Balaban J connectivity index is 2.19. The van der Waals surface area contributed by atoms with Gasteiger partial charge in [-0.3, -0.25) is 0 Å². The molecule has 0 N–H and O–H groups in total. The number of nitrogens with zero attached hydrogens (tertiary/aromatic N) is 1. The molecule has 1 aliphatic rings. The van der Waals surface area contributed by atoms with Gasteiger partial charge in [0.1, 0.15) is 0 Å². The van der Waals surface area contributed by atoms with Crippen LogP contribution in [0.5, 0.6) is 0 Å². The van der Waals surface area contributed by atoms with Crippen molar-refractivity contribution in [3.05, 3.63) is 30.3 Å². The van der Waals surface area contributed by atoms with Crippen molar-refractivity contribution in [1.82, 2.24) is 0 Å². The monoisotopic (exact) mass is 161 g/mol. The Hall–Kier alpha value is -0.980. The van der Waals surface area contributed by atoms with E-state index in [1.165, 1.54) is 25.1 Å². The van der Waals surface area contributed by atoms with Gasteiger partial charge in [0.2, 0.25) is 0 Å². The van der Waals surface area contributed by atoms with Crippen LogP contribution in [0.3, 0.4) is 0 Å². The van der Waals surface area contributed by atoms with Crippen LogP contribution >= 0.6 is 0 Å². The Labute approximate surface area is 74.0 Å². The molecule has 0 bridgehead atoms. The summed E-state index contributed by atoms with van der Waals surface area (Å²) in [7, 11) is 0. The Bertz CT molecular complexity index is 242. The molecule has 1 atom stereocenters. The summed E-state index contributed by atoms with van der Waals surface area (Å²) in [6.45, 7) is 3.53. The molecule has 0 aromatic heterocycles. The van der Waals surface area contributed by atoms with Crippen molar-refractivity contribution in [2.75, 3.05) is 11.4 Å². The molecule has 1 aromatic carbocycles. The van der Waals surface area contributed by atoms with Gasteiger partial charge < -0.3 is 4.90 Å². The van der Waals surface area contributed by atoms with E-state index in [1.807, 2.05) is 0 Å². The second-order valence-electron chi connectivity index (χ2n) is 3.52. The van der Waals surface area contributed by atoms with Crippen LogP contribution in [0, 0.1) is 0 Å². The van der Waals surface area contributed by atoms with E-state index < -0.39 is 0 Å². The van der Waals surface area contributed by atoms with E-state index in [0.29, 0.717) is 0 Å². The lowest BCUT2D eigenvalue weighted by molar-refractivity contribution is 0.735. The zero-order chi connectivity index (χ0) is 8.39. The smallest absolute Gasteiger partial charge is 0.0368 e. The molecule has 1 heterocycles. The molecular weight excluding hydrogens is 146 g/mol. The van der Waals surface area contributed by atoms with Gasteiger partial charge >= 0.3 is 0 Å². The zero-order valence-electron chi connectivity index (χ0n) is 7.53. The van der Waals surface area contributed by atoms with Gasteiger partial charge in [-0.15, -0.1) is 0 Å². The molecule has 0 saturated carbocycles. The predicted molar refractivity (Wildman–Crippen MR) is 52.5 cm³/mol. The maximum Gasteiger partial charge on any atom is 0.0368 e. The van der Waals surface area contributed by atoms with E-state index in [4.69, 9.17) is 0 Å². The summed E-state index contributed by atoms with van der Waals surface area (Å²) in [4.78, 5) is 2.49. The summed E-state index contributed by atoms with van der Waals surface area (Å²) in [5, 5.41) is 0. The molecule has 0 amide bonds. The van der Waals surface area contributed by atoms with Gasteiger partial charge in [0.15, 0.2) is 0 Å². The van der Waals surface area contributed by atoms with Crippen LogP contribution in [0.2, 0.25) is 0 Å². The Morgan fingerprint density at radius 3 is 2.58 bits per heavy atom. The van der Waals surface area contributed by atoms with Crippen molar-refractivity contribution in [3.63, 3.8) is 0 Å². The zero-order valence-corrected chi connectivity index (χ0v) is 7.53. The van der Waals surface area contributed by atoms with E-state index >= 15 is 0 Å². The molecule has 1 aliphatic heterocycles. The van der Waals surface area contributed by atoms with E-state index in [-0.39, 0.29) is 0 Å². The summed E-state index contributed by atoms with van der Waals surface area (Å²) in [5.74, 6) is 0. The van der Waals surface area contributed by atoms with E-state index in [2.05, 4.69) is 42.2 Å². The molecule has 1 heteroatoms. The minimum Gasteiger partial charge on any atom is -0.369 e. The van der Waals surface area contributed by atoms with Gasteiger partial charge in [-0.05, 0) is 31.9 Å². The van der Waals surface area contributed by atoms with Gasteiger partial charge in [-0.1, -0.05) is 18.2 Å². The maximum atomic E-state index is 2.49. The summed E-state index contributed by atoms with van der Waals surface area (Å²) in [6.07, 6.45) is 2.69. The molecule has 0 spiro atoms. The highest BCUT2D eigenvalue weighted by Gasteiger charge is 2.19. The van der Waals surface area contributed by atoms with Crippen molar-refractivity contribution < 1.29 is 0 Å². The largest absolute Gasteiger partial charge is 0.369 e. The van der Waals surface area contributed by atoms with Crippen LogP contribution in [0.25, 0.3) is 0 Å². The highest BCUT2D eigenvalue weighted by atomic mass is 15.2. The van der Waals surface area contributed by atoms with Gasteiger partial charge in [0.05, 0.1) is 0 Å².